The van der Waals surface area contributed by atoms with Gasteiger partial charge >= 0.3 is 5.97 Å². The number of aryl methyl sites for hydroxylation is 2. The third-order valence-electron chi connectivity index (χ3n) is 3.56. The lowest BCUT2D eigenvalue weighted by molar-refractivity contribution is -0.149. The second kappa shape index (κ2) is 9.91. The number of halogens is 2. The average Bonchev–Trinajstić information content (AvgIpc) is 2.62. The molecule has 2 rings (SSSR count). The number of anilines is 1. The Hall–Kier alpha value is -2.61. The van der Waals surface area contributed by atoms with Crippen molar-refractivity contribution in [2.24, 2.45) is 0 Å². The van der Waals surface area contributed by atoms with Gasteiger partial charge < -0.3 is 14.8 Å². The van der Waals surface area contributed by atoms with Crippen molar-refractivity contribution in [3.63, 3.8) is 0 Å². The minimum absolute atomic E-state index is 0.310. The first-order valence-electron chi connectivity index (χ1n) is 8.04. The molecule has 1 N–H and O–H groups in total. The Kier molecular flexibility index (Phi) is 7.60. The van der Waals surface area contributed by atoms with Crippen LogP contribution >= 0.6 is 11.8 Å². The molecule has 0 aliphatic rings. The number of alkyl halides is 2. The van der Waals surface area contributed by atoms with Crippen LogP contribution in [0.1, 0.15) is 11.1 Å². The quantitative estimate of drug-likeness (QED) is 0.537. The molecule has 0 spiro atoms. The van der Waals surface area contributed by atoms with Gasteiger partial charge in [0.25, 0.3) is 11.7 Å². The number of amides is 1. The highest BCUT2D eigenvalue weighted by atomic mass is 32.2. The standard InChI is InChI=1S/C19H19F2NO4S/c1-12-3-6-15(9-13(12)2)25-11-18(24)26-10-17(23)22-14-4-7-16(8-5-14)27-19(20)21/h3-9,19H,10-11H2,1-2H3,(H,22,23). The van der Waals surface area contributed by atoms with Gasteiger partial charge in [-0.2, -0.15) is 8.78 Å². The van der Waals surface area contributed by atoms with Crippen molar-refractivity contribution in [1.29, 1.82) is 0 Å². The van der Waals surface area contributed by atoms with Crippen molar-refractivity contribution >= 4 is 29.3 Å². The highest BCUT2D eigenvalue weighted by Gasteiger charge is 2.10. The Morgan fingerprint density at radius 3 is 2.37 bits per heavy atom. The number of benzene rings is 2. The van der Waals surface area contributed by atoms with Gasteiger partial charge in [-0.25, -0.2) is 4.79 Å². The summed E-state index contributed by atoms with van der Waals surface area (Å²) in [4.78, 5) is 23.8. The van der Waals surface area contributed by atoms with Crippen LogP contribution in [0.3, 0.4) is 0 Å². The summed E-state index contributed by atoms with van der Waals surface area (Å²) in [6.07, 6.45) is 0. The van der Waals surface area contributed by atoms with Crippen molar-refractivity contribution in [2.45, 2.75) is 24.5 Å². The van der Waals surface area contributed by atoms with Gasteiger partial charge in [-0.1, -0.05) is 17.8 Å². The molecule has 144 valence electrons. The van der Waals surface area contributed by atoms with Gasteiger partial charge in [-0.3, -0.25) is 4.79 Å². The number of esters is 1. The van der Waals surface area contributed by atoms with Crippen molar-refractivity contribution in [1.82, 2.24) is 0 Å². The predicted octanol–water partition coefficient (Wildman–Crippen LogP) is 4.18. The van der Waals surface area contributed by atoms with Crippen molar-refractivity contribution in [2.75, 3.05) is 18.5 Å². The maximum atomic E-state index is 12.3. The van der Waals surface area contributed by atoms with Crippen LogP contribution in [0.25, 0.3) is 0 Å². The number of carbonyl (C=O) groups excluding carboxylic acids is 2. The first kappa shape index (κ1) is 20.7. The summed E-state index contributed by atoms with van der Waals surface area (Å²) < 4.78 is 34.7. The molecule has 0 radical (unpaired) electrons. The van der Waals surface area contributed by atoms with Gasteiger partial charge in [0.1, 0.15) is 5.75 Å². The average molecular weight is 395 g/mol. The first-order valence-corrected chi connectivity index (χ1v) is 8.92. The second-order valence-electron chi connectivity index (χ2n) is 5.65. The molecule has 0 unspecified atom stereocenters. The molecule has 8 heteroatoms. The van der Waals surface area contributed by atoms with E-state index in [1.807, 2.05) is 26.0 Å². The van der Waals surface area contributed by atoms with E-state index in [0.29, 0.717) is 28.1 Å². The van der Waals surface area contributed by atoms with Gasteiger partial charge in [-0.15, -0.1) is 0 Å². The zero-order valence-electron chi connectivity index (χ0n) is 14.8. The Morgan fingerprint density at radius 1 is 1.04 bits per heavy atom. The molecule has 0 aliphatic carbocycles. The van der Waals surface area contributed by atoms with E-state index in [0.717, 1.165) is 11.1 Å². The van der Waals surface area contributed by atoms with E-state index in [9.17, 15) is 18.4 Å². The van der Waals surface area contributed by atoms with Gasteiger partial charge in [0.05, 0.1) is 0 Å². The molecular weight excluding hydrogens is 376 g/mol. The van der Waals surface area contributed by atoms with E-state index in [4.69, 9.17) is 9.47 Å². The van der Waals surface area contributed by atoms with Crippen molar-refractivity contribution in [3.05, 3.63) is 53.6 Å². The largest absolute Gasteiger partial charge is 0.482 e. The topological polar surface area (TPSA) is 64.6 Å². The molecule has 0 saturated carbocycles. The Labute approximate surface area is 160 Å². The first-order chi connectivity index (χ1) is 12.8. The maximum absolute atomic E-state index is 12.3. The smallest absolute Gasteiger partial charge is 0.344 e. The molecule has 27 heavy (non-hydrogen) atoms. The fourth-order valence-electron chi connectivity index (χ4n) is 2.05. The molecule has 0 aromatic heterocycles. The highest BCUT2D eigenvalue weighted by Crippen LogP contribution is 2.26. The van der Waals surface area contributed by atoms with E-state index >= 15 is 0 Å². The lowest BCUT2D eigenvalue weighted by Crippen LogP contribution is -2.23. The van der Waals surface area contributed by atoms with Crippen LogP contribution in [0.2, 0.25) is 0 Å². The number of hydrogen-bond acceptors (Lipinski definition) is 5. The van der Waals surface area contributed by atoms with E-state index in [1.165, 1.54) is 24.3 Å². The number of rotatable bonds is 8. The minimum atomic E-state index is -2.50. The minimum Gasteiger partial charge on any atom is -0.482 e. The number of thioether (sulfide) groups is 1. The Morgan fingerprint density at radius 2 is 1.74 bits per heavy atom. The molecular formula is C19H19F2NO4S. The van der Waals surface area contributed by atoms with E-state index < -0.39 is 24.2 Å². The summed E-state index contributed by atoms with van der Waals surface area (Å²) in [6.45, 7) is 3.12. The van der Waals surface area contributed by atoms with Crippen LogP contribution in [0.5, 0.6) is 5.75 Å². The third kappa shape index (κ3) is 7.26. The number of carbonyl (C=O) groups is 2. The van der Waals surface area contributed by atoms with Crippen LogP contribution in [-0.2, 0) is 14.3 Å². The van der Waals surface area contributed by atoms with Crippen molar-refractivity contribution < 1.29 is 27.8 Å². The number of ether oxygens (including phenoxy) is 2. The predicted molar refractivity (Wildman–Crippen MR) is 99.3 cm³/mol. The summed E-state index contributed by atoms with van der Waals surface area (Å²) in [5.74, 6) is -3.17. The van der Waals surface area contributed by atoms with Crippen LogP contribution < -0.4 is 10.1 Å². The number of nitrogens with one attached hydrogen (secondary N) is 1. The molecule has 0 saturated heterocycles. The van der Waals surface area contributed by atoms with Gasteiger partial charge in [-0.05, 0) is 61.4 Å². The molecule has 1 amide bonds. The molecule has 0 fully saturated rings. The Balaban J connectivity index is 1.72. The third-order valence-corrected chi connectivity index (χ3v) is 4.29. The van der Waals surface area contributed by atoms with Gasteiger partial charge in [0, 0.05) is 10.6 Å². The molecule has 2 aromatic carbocycles. The lowest BCUT2D eigenvalue weighted by Gasteiger charge is -2.09. The SMILES string of the molecule is Cc1ccc(OCC(=O)OCC(=O)Nc2ccc(SC(F)F)cc2)cc1C. The van der Waals surface area contributed by atoms with E-state index in [-0.39, 0.29) is 6.61 Å². The van der Waals surface area contributed by atoms with Gasteiger partial charge in [0.15, 0.2) is 13.2 Å². The fraction of sp³-hybridized carbons (Fsp3) is 0.263. The normalized spacial score (nSPS) is 10.6. The Bertz CT molecular complexity index is 797. The fourth-order valence-corrected chi connectivity index (χ4v) is 2.55. The summed E-state index contributed by atoms with van der Waals surface area (Å²) in [7, 11) is 0. The maximum Gasteiger partial charge on any atom is 0.344 e. The summed E-state index contributed by atoms with van der Waals surface area (Å²) >= 11 is 0.416. The van der Waals surface area contributed by atoms with Crippen LogP contribution in [-0.4, -0.2) is 30.8 Å². The molecule has 0 aliphatic heterocycles. The summed E-state index contributed by atoms with van der Waals surface area (Å²) in [5, 5.41) is 2.51. The molecule has 0 atom stereocenters. The van der Waals surface area contributed by atoms with Crippen LogP contribution in [0.4, 0.5) is 14.5 Å². The molecule has 5 nitrogen and oxygen atoms in total. The summed E-state index contributed by atoms with van der Waals surface area (Å²) in [5.41, 5.74) is 2.57. The van der Waals surface area contributed by atoms with Crippen molar-refractivity contribution in [3.8, 4) is 5.75 Å². The van der Waals surface area contributed by atoms with Gasteiger partial charge in [0.2, 0.25) is 0 Å². The molecule has 0 heterocycles. The summed E-state index contributed by atoms with van der Waals surface area (Å²) in [6, 6.07) is 11.4. The van der Waals surface area contributed by atoms with Crippen LogP contribution in [0.15, 0.2) is 47.4 Å². The molecule has 0 bridgehead atoms. The second-order valence-corrected chi connectivity index (χ2v) is 6.71. The zero-order chi connectivity index (χ0) is 19.8. The number of hydrogen-bond donors (Lipinski definition) is 1. The zero-order valence-corrected chi connectivity index (χ0v) is 15.6. The monoisotopic (exact) mass is 395 g/mol. The molecule has 2 aromatic rings. The van der Waals surface area contributed by atoms with E-state index in [1.54, 1.807) is 6.07 Å². The lowest BCUT2D eigenvalue weighted by atomic mass is 10.1. The van der Waals surface area contributed by atoms with Crippen LogP contribution in [0, 0.1) is 13.8 Å². The highest BCUT2D eigenvalue weighted by molar-refractivity contribution is 7.99. The van der Waals surface area contributed by atoms with E-state index in [2.05, 4.69) is 5.32 Å².